The number of aryl methyl sites for hydroxylation is 3. The first-order valence-electron chi connectivity index (χ1n) is 9.86. The number of carbonyl (C=O) groups excluding carboxylic acids is 1. The molecular weight excluding hydrogens is 396 g/mol. The zero-order valence-electron chi connectivity index (χ0n) is 17.3. The van der Waals surface area contributed by atoms with E-state index in [-0.39, 0.29) is 5.91 Å². The van der Waals surface area contributed by atoms with Crippen molar-refractivity contribution in [3.8, 4) is 0 Å². The highest BCUT2D eigenvalue weighted by molar-refractivity contribution is 6.30. The molecule has 0 radical (unpaired) electrons. The van der Waals surface area contributed by atoms with Crippen LogP contribution in [0.15, 0.2) is 65.3 Å². The highest BCUT2D eigenvalue weighted by Gasteiger charge is 2.21. The van der Waals surface area contributed by atoms with Gasteiger partial charge in [0.1, 0.15) is 10.9 Å². The van der Waals surface area contributed by atoms with E-state index in [4.69, 9.17) is 16.0 Å². The maximum absolute atomic E-state index is 13.4. The summed E-state index contributed by atoms with van der Waals surface area (Å²) in [5.74, 6) is 0.648. The van der Waals surface area contributed by atoms with Gasteiger partial charge < -0.3 is 9.32 Å². The Hall–Kier alpha value is -3.11. The van der Waals surface area contributed by atoms with Crippen LogP contribution < -0.4 is 0 Å². The summed E-state index contributed by atoms with van der Waals surface area (Å²) < 4.78 is 5.51. The minimum atomic E-state index is -0.0684. The Balaban J connectivity index is 1.74. The maximum Gasteiger partial charge on any atom is 0.254 e. The van der Waals surface area contributed by atoms with Crippen molar-refractivity contribution in [2.24, 2.45) is 0 Å². The molecule has 2 aromatic heterocycles. The Morgan fingerprint density at radius 1 is 1.00 bits per heavy atom. The second-order valence-corrected chi connectivity index (χ2v) is 8.01. The third kappa shape index (κ3) is 4.10. The molecule has 4 nitrogen and oxygen atoms in total. The molecule has 152 valence electrons. The van der Waals surface area contributed by atoms with E-state index < -0.39 is 0 Å². The molecule has 0 bridgehead atoms. The molecule has 2 aromatic carbocycles. The number of hydrogen-bond acceptors (Lipinski definition) is 3. The van der Waals surface area contributed by atoms with Gasteiger partial charge in [0, 0.05) is 23.1 Å². The van der Waals surface area contributed by atoms with E-state index in [1.54, 1.807) is 11.2 Å². The molecule has 0 N–H and O–H groups in total. The number of benzene rings is 2. The van der Waals surface area contributed by atoms with Crippen LogP contribution >= 0.6 is 11.6 Å². The van der Waals surface area contributed by atoms with Gasteiger partial charge in [-0.25, -0.2) is 4.98 Å². The Morgan fingerprint density at radius 3 is 2.53 bits per heavy atom. The number of furan rings is 1. The Kier molecular flexibility index (Phi) is 5.60. The van der Waals surface area contributed by atoms with Gasteiger partial charge in [-0.15, -0.1) is 0 Å². The predicted octanol–water partition coefficient (Wildman–Crippen LogP) is 6.25. The van der Waals surface area contributed by atoms with E-state index in [0.29, 0.717) is 29.6 Å². The van der Waals surface area contributed by atoms with Crippen LogP contribution in [0.25, 0.3) is 10.9 Å². The molecule has 0 aliphatic carbocycles. The van der Waals surface area contributed by atoms with Crippen LogP contribution in [0.3, 0.4) is 0 Å². The highest BCUT2D eigenvalue weighted by Crippen LogP contribution is 2.26. The third-order valence-electron chi connectivity index (χ3n) is 5.23. The van der Waals surface area contributed by atoms with Crippen molar-refractivity contribution < 1.29 is 9.21 Å². The van der Waals surface area contributed by atoms with Crippen molar-refractivity contribution in [1.82, 2.24) is 9.88 Å². The monoisotopic (exact) mass is 418 g/mol. The molecule has 4 aromatic rings. The molecule has 0 atom stereocenters. The largest absolute Gasteiger partial charge is 0.467 e. The van der Waals surface area contributed by atoms with Crippen LogP contribution in [0.5, 0.6) is 0 Å². The van der Waals surface area contributed by atoms with Crippen LogP contribution in [-0.2, 0) is 13.1 Å². The van der Waals surface area contributed by atoms with E-state index in [2.05, 4.69) is 24.0 Å². The molecule has 0 aliphatic rings. The van der Waals surface area contributed by atoms with Crippen molar-refractivity contribution in [3.05, 3.63) is 99.6 Å². The lowest BCUT2D eigenvalue weighted by Crippen LogP contribution is -2.30. The molecule has 2 heterocycles. The lowest BCUT2D eigenvalue weighted by molar-refractivity contribution is 0.0717. The first-order valence-corrected chi connectivity index (χ1v) is 10.2. The van der Waals surface area contributed by atoms with Crippen molar-refractivity contribution in [2.45, 2.75) is 33.9 Å². The van der Waals surface area contributed by atoms with Crippen LogP contribution in [0, 0.1) is 20.8 Å². The minimum Gasteiger partial charge on any atom is -0.467 e. The van der Waals surface area contributed by atoms with Gasteiger partial charge in [0.25, 0.3) is 5.91 Å². The standard InChI is InChI=1S/C25H23ClN2O2/c1-16-11-18(3)23-19(12-16)13-20(24(26)27-23)14-28(15-21-8-6-10-30-21)25(29)22-9-5-4-7-17(22)2/h4-13H,14-15H2,1-3H3. The summed E-state index contributed by atoms with van der Waals surface area (Å²) >= 11 is 6.55. The highest BCUT2D eigenvalue weighted by atomic mass is 35.5. The van der Waals surface area contributed by atoms with Crippen LogP contribution in [0.2, 0.25) is 5.15 Å². The van der Waals surface area contributed by atoms with E-state index in [1.807, 2.05) is 56.3 Å². The van der Waals surface area contributed by atoms with Gasteiger partial charge in [-0.3, -0.25) is 4.79 Å². The summed E-state index contributed by atoms with van der Waals surface area (Å²) in [6.45, 7) is 6.72. The molecule has 0 saturated heterocycles. The molecule has 0 unspecified atom stereocenters. The van der Waals surface area contributed by atoms with Gasteiger partial charge >= 0.3 is 0 Å². The predicted molar refractivity (Wildman–Crippen MR) is 120 cm³/mol. The SMILES string of the molecule is Cc1cc(C)c2nc(Cl)c(CN(Cc3ccco3)C(=O)c3ccccc3C)cc2c1. The number of aromatic nitrogens is 1. The first-order chi connectivity index (χ1) is 14.4. The quantitative estimate of drug-likeness (QED) is 0.360. The van der Waals surface area contributed by atoms with Crippen molar-refractivity contribution >= 4 is 28.4 Å². The summed E-state index contributed by atoms with van der Waals surface area (Å²) in [6.07, 6.45) is 1.61. The molecule has 4 rings (SSSR count). The third-order valence-corrected chi connectivity index (χ3v) is 5.56. The number of hydrogen-bond donors (Lipinski definition) is 0. The number of carbonyl (C=O) groups is 1. The van der Waals surface area contributed by atoms with Crippen LogP contribution in [-0.4, -0.2) is 15.8 Å². The lowest BCUT2D eigenvalue weighted by atomic mass is 10.0. The van der Waals surface area contributed by atoms with Gasteiger partial charge in [0.2, 0.25) is 0 Å². The molecule has 1 amide bonds. The topological polar surface area (TPSA) is 46.3 Å². The van der Waals surface area contributed by atoms with Crippen molar-refractivity contribution in [1.29, 1.82) is 0 Å². The first kappa shape index (κ1) is 20.2. The fraction of sp³-hybridized carbons (Fsp3) is 0.200. The number of amides is 1. The summed E-state index contributed by atoms with van der Waals surface area (Å²) in [5.41, 5.74) is 5.54. The minimum absolute atomic E-state index is 0.0684. The number of rotatable bonds is 5. The molecular formula is C25H23ClN2O2. The summed E-state index contributed by atoms with van der Waals surface area (Å²) in [7, 11) is 0. The Labute approximate surface area is 181 Å². The van der Waals surface area contributed by atoms with Crippen molar-refractivity contribution in [3.63, 3.8) is 0 Å². The van der Waals surface area contributed by atoms with Crippen LogP contribution in [0.4, 0.5) is 0 Å². The molecule has 0 spiro atoms. The number of fused-ring (bicyclic) bond motifs is 1. The zero-order valence-corrected chi connectivity index (χ0v) is 18.0. The van der Waals surface area contributed by atoms with E-state index in [0.717, 1.165) is 27.6 Å². The van der Waals surface area contributed by atoms with Gasteiger partial charge in [-0.1, -0.05) is 41.4 Å². The second kappa shape index (κ2) is 8.33. The smallest absolute Gasteiger partial charge is 0.254 e. The van der Waals surface area contributed by atoms with Crippen LogP contribution in [0.1, 0.15) is 38.4 Å². The molecule has 5 heteroatoms. The molecule has 0 saturated carbocycles. The van der Waals surface area contributed by atoms with Gasteiger partial charge in [-0.05, 0) is 62.2 Å². The number of pyridine rings is 1. The van der Waals surface area contributed by atoms with E-state index >= 15 is 0 Å². The summed E-state index contributed by atoms with van der Waals surface area (Å²) in [5, 5.41) is 1.43. The zero-order chi connectivity index (χ0) is 21.3. The normalized spacial score (nSPS) is 11.1. The van der Waals surface area contributed by atoms with E-state index in [1.165, 1.54) is 5.56 Å². The molecule has 0 aliphatic heterocycles. The average Bonchev–Trinajstić information content (AvgIpc) is 3.22. The Bertz CT molecular complexity index is 1220. The Morgan fingerprint density at radius 2 is 1.80 bits per heavy atom. The van der Waals surface area contributed by atoms with Gasteiger partial charge in [0.05, 0.1) is 18.3 Å². The fourth-order valence-corrected chi connectivity index (χ4v) is 3.96. The van der Waals surface area contributed by atoms with E-state index in [9.17, 15) is 4.79 Å². The second-order valence-electron chi connectivity index (χ2n) is 7.65. The number of nitrogens with zero attached hydrogens (tertiary/aromatic N) is 2. The lowest BCUT2D eigenvalue weighted by Gasteiger charge is -2.23. The van der Waals surface area contributed by atoms with Gasteiger partial charge in [-0.2, -0.15) is 0 Å². The summed E-state index contributed by atoms with van der Waals surface area (Å²) in [4.78, 5) is 19.8. The molecule has 30 heavy (non-hydrogen) atoms. The summed E-state index contributed by atoms with van der Waals surface area (Å²) in [6, 6.07) is 17.5. The fourth-order valence-electron chi connectivity index (χ4n) is 3.76. The maximum atomic E-state index is 13.4. The van der Waals surface area contributed by atoms with Crippen molar-refractivity contribution in [2.75, 3.05) is 0 Å². The van der Waals surface area contributed by atoms with Gasteiger partial charge in [0.15, 0.2) is 0 Å². The molecule has 0 fully saturated rings. The average molecular weight is 419 g/mol. The number of halogens is 1.